The van der Waals surface area contributed by atoms with Crippen LogP contribution in [0, 0.1) is 0 Å². The molecule has 0 amide bonds. The highest BCUT2D eigenvalue weighted by atomic mass is 16.3. The van der Waals surface area contributed by atoms with E-state index in [-0.39, 0.29) is 6.61 Å². The van der Waals surface area contributed by atoms with Crippen molar-refractivity contribution >= 4 is 0 Å². The van der Waals surface area contributed by atoms with Gasteiger partial charge < -0.3 is 10.2 Å². The van der Waals surface area contributed by atoms with Crippen molar-refractivity contribution in [2.75, 3.05) is 6.61 Å². The molecule has 1 rings (SSSR count). The molecule has 1 aromatic rings. The van der Waals surface area contributed by atoms with Crippen LogP contribution in [0.1, 0.15) is 30.6 Å². The summed E-state index contributed by atoms with van der Waals surface area (Å²) in [5.74, 6) is 0. The van der Waals surface area contributed by atoms with E-state index in [9.17, 15) is 5.11 Å². The fourth-order valence-electron chi connectivity index (χ4n) is 1.46. The van der Waals surface area contributed by atoms with Crippen LogP contribution >= 0.6 is 0 Å². The van der Waals surface area contributed by atoms with Crippen LogP contribution in [0.3, 0.4) is 0 Å². The highest BCUT2D eigenvalue weighted by molar-refractivity contribution is 5.28. The van der Waals surface area contributed by atoms with Gasteiger partial charge in [0.15, 0.2) is 0 Å². The summed E-state index contributed by atoms with van der Waals surface area (Å²) >= 11 is 0. The number of aliphatic hydroxyl groups excluding tert-OH is 2. The number of rotatable bonds is 4. The molecule has 2 heteroatoms. The molecule has 1 unspecified atom stereocenters. The van der Waals surface area contributed by atoms with E-state index in [2.05, 4.69) is 6.92 Å². The van der Waals surface area contributed by atoms with Crippen LogP contribution in [0.4, 0.5) is 0 Å². The lowest BCUT2D eigenvalue weighted by Crippen LogP contribution is -2.03. The second kappa shape index (κ2) is 5.00. The predicted molar refractivity (Wildman–Crippen MR) is 52.5 cm³/mol. The Labute approximate surface area is 78.8 Å². The molecule has 2 N–H and O–H groups in total. The van der Waals surface area contributed by atoms with Crippen LogP contribution in [0.5, 0.6) is 0 Å². The molecule has 1 aromatic carbocycles. The van der Waals surface area contributed by atoms with E-state index in [0.29, 0.717) is 6.42 Å². The maximum Gasteiger partial charge on any atom is 0.0814 e. The zero-order chi connectivity index (χ0) is 9.68. The van der Waals surface area contributed by atoms with Crippen molar-refractivity contribution in [3.63, 3.8) is 0 Å². The van der Waals surface area contributed by atoms with Gasteiger partial charge in [0.2, 0.25) is 0 Å². The van der Waals surface area contributed by atoms with Gasteiger partial charge in [-0.05, 0) is 17.5 Å². The predicted octanol–water partition coefficient (Wildman–Crippen LogP) is 1.66. The number of hydrogen-bond donors (Lipinski definition) is 2. The minimum Gasteiger partial charge on any atom is -0.396 e. The van der Waals surface area contributed by atoms with E-state index in [0.717, 1.165) is 17.5 Å². The Bertz CT molecular complexity index is 258. The SMILES string of the molecule is CCc1ccccc1C(O)CCO. The first-order chi connectivity index (χ1) is 6.29. The van der Waals surface area contributed by atoms with Crippen molar-refractivity contribution < 1.29 is 10.2 Å². The van der Waals surface area contributed by atoms with E-state index in [1.54, 1.807) is 0 Å². The van der Waals surface area contributed by atoms with E-state index in [1.165, 1.54) is 0 Å². The fourth-order valence-corrected chi connectivity index (χ4v) is 1.46. The van der Waals surface area contributed by atoms with E-state index in [4.69, 9.17) is 5.11 Å². The van der Waals surface area contributed by atoms with E-state index < -0.39 is 6.10 Å². The Morgan fingerprint density at radius 3 is 2.62 bits per heavy atom. The van der Waals surface area contributed by atoms with E-state index >= 15 is 0 Å². The topological polar surface area (TPSA) is 40.5 Å². The van der Waals surface area contributed by atoms with Gasteiger partial charge in [-0.15, -0.1) is 0 Å². The van der Waals surface area contributed by atoms with Gasteiger partial charge in [-0.3, -0.25) is 0 Å². The smallest absolute Gasteiger partial charge is 0.0814 e. The highest BCUT2D eigenvalue weighted by Gasteiger charge is 2.09. The number of aliphatic hydroxyl groups is 2. The second-order valence-electron chi connectivity index (χ2n) is 3.08. The summed E-state index contributed by atoms with van der Waals surface area (Å²) in [5, 5.41) is 18.4. The van der Waals surface area contributed by atoms with Gasteiger partial charge in [-0.25, -0.2) is 0 Å². The summed E-state index contributed by atoms with van der Waals surface area (Å²) in [6.07, 6.45) is 0.802. The fraction of sp³-hybridized carbons (Fsp3) is 0.455. The molecule has 72 valence electrons. The lowest BCUT2D eigenvalue weighted by Gasteiger charge is -2.13. The summed E-state index contributed by atoms with van der Waals surface area (Å²) in [7, 11) is 0. The molecule has 0 saturated heterocycles. The van der Waals surface area contributed by atoms with Crippen molar-refractivity contribution in [2.45, 2.75) is 25.9 Å². The van der Waals surface area contributed by atoms with Crippen LogP contribution in [0.2, 0.25) is 0 Å². The molecule has 13 heavy (non-hydrogen) atoms. The summed E-state index contributed by atoms with van der Waals surface area (Å²) in [6, 6.07) is 7.80. The molecule has 0 heterocycles. The monoisotopic (exact) mass is 180 g/mol. The van der Waals surface area contributed by atoms with Crippen molar-refractivity contribution in [3.05, 3.63) is 35.4 Å². The first-order valence-corrected chi connectivity index (χ1v) is 4.66. The quantitative estimate of drug-likeness (QED) is 0.740. The molecule has 0 bridgehead atoms. The van der Waals surface area contributed by atoms with E-state index in [1.807, 2.05) is 24.3 Å². The Morgan fingerprint density at radius 2 is 2.00 bits per heavy atom. The molecule has 0 fully saturated rings. The maximum atomic E-state index is 9.67. The maximum absolute atomic E-state index is 9.67. The van der Waals surface area contributed by atoms with Gasteiger partial charge in [-0.2, -0.15) is 0 Å². The Kier molecular flexibility index (Phi) is 3.93. The van der Waals surface area contributed by atoms with Crippen molar-refractivity contribution in [1.29, 1.82) is 0 Å². The van der Waals surface area contributed by atoms with Crippen LogP contribution in [-0.2, 0) is 6.42 Å². The third-order valence-corrected chi connectivity index (χ3v) is 2.20. The standard InChI is InChI=1S/C11H16O2/c1-2-9-5-3-4-6-10(9)11(13)7-8-12/h3-6,11-13H,2,7-8H2,1H3. The third kappa shape index (κ3) is 2.54. The second-order valence-corrected chi connectivity index (χ2v) is 3.08. The molecule has 1 atom stereocenters. The van der Waals surface area contributed by atoms with Gasteiger partial charge in [-0.1, -0.05) is 31.2 Å². The zero-order valence-electron chi connectivity index (χ0n) is 7.90. The Balaban J connectivity index is 2.85. The normalized spacial score (nSPS) is 12.8. The molecule has 0 spiro atoms. The molecular formula is C11H16O2. The number of aryl methyl sites for hydroxylation is 1. The molecule has 0 radical (unpaired) electrons. The number of hydrogen-bond acceptors (Lipinski definition) is 2. The largest absolute Gasteiger partial charge is 0.396 e. The lowest BCUT2D eigenvalue weighted by molar-refractivity contribution is 0.133. The summed E-state index contributed by atoms with van der Waals surface area (Å²) in [5.41, 5.74) is 2.10. The molecule has 0 aliphatic rings. The molecule has 0 aliphatic heterocycles. The number of benzene rings is 1. The Hall–Kier alpha value is -0.860. The zero-order valence-corrected chi connectivity index (χ0v) is 7.90. The van der Waals surface area contributed by atoms with Crippen molar-refractivity contribution in [2.24, 2.45) is 0 Å². The first-order valence-electron chi connectivity index (χ1n) is 4.66. The molecule has 0 aliphatic carbocycles. The minimum atomic E-state index is -0.527. The highest BCUT2D eigenvalue weighted by Crippen LogP contribution is 2.20. The van der Waals surface area contributed by atoms with Gasteiger partial charge >= 0.3 is 0 Å². The Morgan fingerprint density at radius 1 is 1.31 bits per heavy atom. The van der Waals surface area contributed by atoms with Crippen LogP contribution in [0.15, 0.2) is 24.3 Å². The molecule has 0 saturated carbocycles. The van der Waals surface area contributed by atoms with Gasteiger partial charge in [0, 0.05) is 13.0 Å². The van der Waals surface area contributed by atoms with Crippen LogP contribution in [-0.4, -0.2) is 16.8 Å². The van der Waals surface area contributed by atoms with Crippen LogP contribution < -0.4 is 0 Å². The third-order valence-electron chi connectivity index (χ3n) is 2.20. The molecule has 0 aromatic heterocycles. The summed E-state index contributed by atoms with van der Waals surface area (Å²) < 4.78 is 0. The van der Waals surface area contributed by atoms with Gasteiger partial charge in [0.25, 0.3) is 0 Å². The summed E-state index contributed by atoms with van der Waals surface area (Å²) in [6.45, 7) is 2.09. The molecular weight excluding hydrogens is 164 g/mol. The minimum absolute atomic E-state index is 0.0270. The van der Waals surface area contributed by atoms with Crippen LogP contribution in [0.25, 0.3) is 0 Å². The average Bonchev–Trinajstić information content (AvgIpc) is 2.18. The van der Waals surface area contributed by atoms with Crippen molar-refractivity contribution in [1.82, 2.24) is 0 Å². The lowest BCUT2D eigenvalue weighted by atomic mass is 9.99. The first kappa shape index (κ1) is 10.2. The van der Waals surface area contributed by atoms with Crippen molar-refractivity contribution in [3.8, 4) is 0 Å². The molecule has 2 nitrogen and oxygen atoms in total. The summed E-state index contributed by atoms with van der Waals surface area (Å²) in [4.78, 5) is 0. The van der Waals surface area contributed by atoms with Gasteiger partial charge in [0.1, 0.15) is 0 Å². The van der Waals surface area contributed by atoms with Gasteiger partial charge in [0.05, 0.1) is 6.10 Å². The average molecular weight is 180 g/mol.